The van der Waals surface area contributed by atoms with E-state index in [-0.39, 0.29) is 18.4 Å². The van der Waals surface area contributed by atoms with Crippen LogP contribution in [0.3, 0.4) is 0 Å². The number of carbonyl (C=O) groups excluding carboxylic acids is 1. The molecule has 0 radical (unpaired) electrons. The maximum absolute atomic E-state index is 12.7. The number of alkyl halides is 3. The molecule has 0 aromatic carbocycles. The number of pyridine rings is 1. The molecule has 1 amide bonds. The van der Waals surface area contributed by atoms with E-state index in [2.05, 4.69) is 15.4 Å². The van der Waals surface area contributed by atoms with E-state index in [1.54, 1.807) is 13.8 Å². The Morgan fingerprint density at radius 2 is 1.86 bits per heavy atom. The van der Waals surface area contributed by atoms with Crippen molar-refractivity contribution in [1.82, 2.24) is 20.1 Å². The van der Waals surface area contributed by atoms with Gasteiger partial charge in [-0.3, -0.25) is 4.79 Å². The molecule has 0 saturated heterocycles. The summed E-state index contributed by atoms with van der Waals surface area (Å²) in [6.45, 7) is 3.59. The Labute approximate surface area is 162 Å². The van der Waals surface area contributed by atoms with E-state index in [4.69, 9.17) is 0 Å². The van der Waals surface area contributed by atoms with E-state index in [0.29, 0.717) is 17.2 Å². The van der Waals surface area contributed by atoms with Crippen molar-refractivity contribution < 1.29 is 18.0 Å². The first-order valence-corrected chi connectivity index (χ1v) is 9.64. The zero-order valence-corrected chi connectivity index (χ0v) is 16.1. The standard InChI is InChI=1S/C20H25F3N4O/c1-13-17(11-19(28)25-16-7-5-3-4-6-8-16)14(2)27(26-13)18-10-9-15(12-24-18)20(21,22)23/h9-10,12,16H,3-8,11H2,1-2H3,(H,25,28). The molecule has 2 aromatic rings. The number of amides is 1. The molecule has 1 N–H and O–H groups in total. The molecule has 1 fully saturated rings. The highest BCUT2D eigenvalue weighted by Crippen LogP contribution is 2.29. The number of hydrogen-bond donors (Lipinski definition) is 1. The van der Waals surface area contributed by atoms with E-state index in [9.17, 15) is 18.0 Å². The summed E-state index contributed by atoms with van der Waals surface area (Å²) in [6.07, 6.45) is 3.31. The molecule has 152 valence electrons. The molecule has 0 aliphatic heterocycles. The number of halogens is 3. The van der Waals surface area contributed by atoms with Crippen LogP contribution in [-0.4, -0.2) is 26.7 Å². The van der Waals surface area contributed by atoms with Gasteiger partial charge in [0.25, 0.3) is 0 Å². The van der Waals surface area contributed by atoms with Gasteiger partial charge >= 0.3 is 6.18 Å². The molecule has 28 heavy (non-hydrogen) atoms. The van der Waals surface area contributed by atoms with Gasteiger partial charge in [-0.2, -0.15) is 18.3 Å². The summed E-state index contributed by atoms with van der Waals surface area (Å²) in [5.41, 5.74) is 1.37. The zero-order valence-electron chi connectivity index (χ0n) is 16.1. The summed E-state index contributed by atoms with van der Waals surface area (Å²) in [5.74, 6) is 0.252. The SMILES string of the molecule is Cc1nn(-c2ccc(C(F)(F)F)cn2)c(C)c1CC(=O)NC1CCCCCC1. The second-order valence-corrected chi connectivity index (χ2v) is 7.40. The topological polar surface area (TPSA) is 59.8 Å². The number of aryl methyl sites for hydroxylation is 1. The summed E-state index contributed by atoms with van der Waals surface area (Å²) in [5, 5.41) is 7.50. The maximum Gasteiger partial charge on any atom is 0.417 e. The Hall–Kier alpha value is -2.38. The first kappa shape index (κ1) is 20.4. The number of carbonyl (C=O) groups is 1. The lowest BCUT2D eigenvalue weighted by Crippen LogP contribution is -2.35. The lowest BCUT2D eigenvalue weighted by Gasteiger charge is -2.16. The maximum atomic E-state index is 12.7. The first-order valence-electron chi connectivity index (χ1n) is 9.64. The van der Waals surface area contributed by atoms with Crippen LogP contribution in [0.2, 0.25) is 0 Å². The first-order chi connectivity index (χ1) is 13.3. The third-order valence-corrected chi connectivity index (χ3v) is 5.29. The predicted octanol–water partition coefficient (Wildman–Crippen LogP) is 4.28. The Kier molecular flexibility index (Phi) is 6.05. The van der Waals surface area contributed by atoms with Gasteiger partial charge in [0, 0.05) is 23.5 Å². The largest absolute Gasteiger partial charge is 0.417 e. The van der Waals surface area contributed by atoms with Crippen LogP contribution < -0.4 is 5.32 Å². The van der Waals surface area contributed by atoms with Gasteiger partial charge < -0.3 is 5.32 Å². The van der Waals surface area contributed by atoms with Crippen LogP contribution in [0.4, 0.5) is 13.2 Å². The van der Waals surface area contributed by atoms with E-state index in [0.717, 1.165) is 43.5 Å². The fourth-order valence-corrected chi connectivity index (χ4v) is 3.70. The highest BCUT2D eigenvalue weighted by Gasteiger charge is 2.31. The average Bonchev–Trinajstić information content (AvgIpc) is 2.82. The highest BCUT2D eigenvalue weighted by molar-refractivity contribution is 5.79. The molecular weight excluding hydrogens is 369 g/mol. The fourth-order valence-electron chi connectivity index (χ4n) is 3.70. The molecule has 0 unspecified atom stereocenters. The number of nitrogens with one attached hydrogen (secondary N) is 1. The molecule has 0 atom stereocenters. The van der Waals surface area contributed by atoms with Gasteiger partial charge in [-0.15, -0.1) is 0 Å². The van der Waals surface area contributed by atoms with Crippen LogP contribution in [0.25, 0.3) is 5.82 Å². The van der Waals surface area contributed by atoms with E-state index in [1.165, 1.54) is 23.6 Å². The van der Waals surface area contributed by atoms with E-state index < -0.39 is 11.7 Å². The summed E-state index contributed by atoms with van der Waals surface area (Å²) < 4.78 is 39.7. The molecule has 0 bridgehead atoms. The van der Waals surface area contributed by atoms with Gasteiger partial charge in [0.1, 0.15) is 0 Å². The molecule has 3 rings (SSSR count). The van der Waals surface area contributed by atoms with Crippen molar-refractivity contribution in [2.75, 3.05) is 0 Å². The molecule has 0 spiro atoms. The molecular formula is C20H25F3N4O. The van der Waals surface area contributed by atoms with Crippen LogP contribution in [0.15, 0.2) is 18.3 Å². The van der Waals surface area contributed by atoms with Crippen molar-refractivity contribution in [1.29, 1.82) is 0 Å². The van der Waals surface area contributed by atoms with Crippen molar-refractivity contribution in [3.63, 3.8) is 0 Å². The van der Waals surface area contributed by atoms with Gasteiger partial charge in [-0.25, -0.2) is 9.67 Å². The average molecular weight is 394 g/mol. The third-order valence-electron chi connectivity index (χ3n) is 5.29. The number of rotatable bonds is 4. The van der Waals surface area contributed by atoms with Crippen molar-refractivity contribution >= 4 is 5.91 Å². The normalized spacial score (nSPS) is 16.0. The quantitative estimate of drug-likeness (QED) is 0.788. The highest BCUT2D eigenvalue weighted by atomic mass is 19.4. The minimum atomic E-state index is -4.43. The fraction of sp³-hybridized carbons (Fsp3) is 0.550. The molecule has 1 saturated carbocycles. The Morgan fingerprint density at radius 3 is 2.43 bits per heavy atom. The number of hydrogen-bond acceptors (Lipinski definition) is 3. The second-order valence-electron chi connectivity index (χ2n) is 7.40. The van der Waals surface area contributed by atoms with Crippen molar-refractivity contribution in [2.45, 2.75) is 71.0 Å². The van der Waals surface area contributed by atoms with Crippen LogP contribution in [0.5, 0.6) is 0 Å². The van der Waals surface area contributed by atoms with Crippen LogP contribution in [0, 0.1) is 13.8 Å². The summed E-state index contributed by atoms with van der Waals surface area (Å²) in [7, 11) is 0. The molecule has 1 aliphatic carbocycles. The molecule has 2 heterocycles. The predicted molar refractivity (Wildman–Crippen MR) is 99.2 cm³/mol. The van der Waals surface area contributed by atoms with Crippen molar-refractivity contribution in [3.8, 4) is 5.82 Å². The summed E-state index contributed by atoms with van der Waals surface area (Å²) in [4.78, 5) is 16.4. The Balaban J connectivity index is 1.73. The van der Waals surface area contributed by atoms with Crippen LogP contribution in [-0.2, 0) is 17.4 Å². The van der Waals surface area contributed by atoms with Crippen molar-refractivity contribution in [3.05, 3.63) is 40.8 Å². The molecule has 8 heteroatoms. The monoisotopic (exact) mass is 394 g/mol. The lowest BCUT2D eigenvalue weighted by atomic mass is 10.1. The molecule has 5 nitrogen and oxygen atoms in total. The Bertz CT molecular complexity index is 819. The smallest absolute Gasteiger partial charge is 0.353 e. The molecule has 2 aromatic heterocycles. The third kappa shape index (κ3) is 4.72. The van der Waals surface area contributed by atoms with E-state index >= 15 is 0 Å². The van der Waals surface area contributed by atoms with Gasteiger partial charge in [0.2, 0.25) is 5.91 Å². The van der Waals surface area contributed by atoms with Crippen molar-refractivity contribution in [2.24, 2.45) is 0 Å². The number of aromatic nitrogens is 3. The number of nitrogens with zero attached hydrogens (tertiary/aromatic N) is 3. The summed E-state index contributed by atoms with van der Waals surface area (Å²) in [6, 6.07) is 2.50. The second kappa shape index (κ2) is 8.32. The summed E-state index contributed by atoms with van der Waals surface area (Å²) >= 11 is 0. The van der Waals surface area contributed by atoms with Crippen LogP contribution >= 0.6 is 0 Å². The van der Waals surface area contributed by atoms with Gasteiger partial charge in [0.05, 0.1) is 17.7 Å². The van der Waals surface area contributed by atoms with Crippen LogP contribution in [0.1, 0.15) is 61.0 Å². The van der Waals surface area contributed by atoms with Gasteiger partial charge in [-0.1, -0.05) is 25.7 Å². The minimum absolute atomic E-state index is 0.0435. The lowest BCUT2D eigenvalue weighted by molar-refractivity contribution is -0.137. The van der Waals surface area contributed by atoms with Gasteiger partial charge in [-0.05, 0) is 38.8 Å². The van der Waals surface area contributed by atoms with Gasteiger partial charge in [0.15, 0.2) is 5.82 Å². The molecule has 1 aliphatic rings. The zero-order chi connectivity index (χ0) is 20.3. The minimum Gasteiger partial charge on any atom is -0.353 e. The Morgan fingerprint density at radius 1 is 1.18 bits per heavy atom. The van der Waals surface area contributed by atoms with E-state index in [1.807, 2.05) is 0 Å².